The summed E-state index contributed by atoms with van der Waals surface area (Å²) in [6, 6.07) is 36.3. The van der Waals surface area contributed by atoms with Crippen LogP contribution in [0.4, 0.5) is 0 Å². The standard InChI is InChI=1S/3C9H7N.Al.3H/c3*1-2-6-9-8(4-1)5-3-7-10-9;;;;/h3*1-7H;;;;. The third-order valence-corrected chi connectivity index (χ3v) is 4.54. The Morgan fingerprint density at radius 3 is 0.871 bits per heavy atom. The van der Waals surface area contributed by atoms with Gasteiger partial charge in [-0.1, -0.05) is 72.8 Å². The van der Waals surface area contributed by atoms with Crippen molar-refractivity contribution in [3.8, 4) is 0 Å². The number of benzene rings is 3. The van der Waals surface area contributed by atoms with Crippen LogP contribution < -0.4 is 0 Å². The quantitative estimate of drug-likeness (QED) is 0.306. The molecule has 6 rings (SSSR count). The Hall–Kier alpha value is -3.58. The summed E-state index contributed by atoms with van der Waals surface area (Å²) in [4.78, 5) is 12.5. The summed E-state index contributed by atoms with van der Waals surface area (Å²) in [7, 11) is 0. The van der Waals surface area contributed by atoms with Gasteiger partial charge in [0.15, 0.2) is 17.4 Å². The maximum atomic E-state index is 4.18. The van der Waals surface area contributed by atoms with Crippen molar-refractivity contribution in [3.63, 3.8) is 0 Å². The summed E-state index contributed by atoms with van der Waals surface area (Å²) in [5.41, 5.74) is 3.18. The number of nitrogens with zero attached hydrogens (tertiary/aromatic N) is 3. The van der Waals surface area contributed by atoms with Gasteiger partial charge in [-0.2, -0.15) is 0 Å². The highest BCUT2D eigenvalue weighted by Crippen LogP contribution is 2.09. The van der Waals surface area contributed by atoms with Crippen LogP contribution in [0, 0.1) is 0 Å². The van der Waals surface area contributed by atoms with E-state index in [1.54, 1.807) is 0 Å². The molecule has 0 saturated carbocycles. The van der Waals surface area contributed by atoms with E-state index in [9.17, 15) is 0 Å². The minimum atomic E-state index is 0. The summed E-state index contributed by atoms with van der Waals surface area (Å²) in [5.74, 6) is 0. The van der Waals surface area contributed by atoms with E-state index < -0.39 is 0 Å². The fourth-order valence-electron chi connectivity index (χ4n) is 3.05. The van der Waals surface area contributed by atoms with E-state index in [2.05, 4.69) is 51.4 Å². The molecular formula is C27H24AlN3. The monoisotopic (exact) mass is 417 g/mol. The molecule has 0 N–H and O–H groups in total. The zero-order valence-corrected chi connectivity index (χ0v) is 16.5. The van der Waals surface area contributed by atoms with E-state index in [1.165, 1.54) is 16.2 Å². The molecule has 0 atom stereocenters. The second-order valence-corrected chi connectivity index (χ2v) is 6.59. The van der Waals surface area contributed by atoms with E-state index in [-0.39, 0.29) is 17.4 Å². The molecule has 6 aromatic rings. The Balaban J connectivity index is 0.000000130. The lowest BCUT2D eigenvalue weighted by atomic mass is 10.2. The largest absolute Gasteiger partial charge is 0.256 e. The second-order valence-electron chi connectivity index (χ2n) is 6.59. The molecule has 0 saturated heterocycles. The summed E-state index contributed by atoms with van der Waals surface area (Å²) in [6.45, 7) is 0. The minimum absolute atomic E-state index is 0. The van der Waals surface area contributed by atoms with Crippen molar-refractivity contribution in [2.45, 2.75) is 0 Å². The molecule has 150 valence electrons. The molecule has 0 aliphatic rings. The molecule has 0 unspecified atom stereocenters. The molecule has 3 nitrogen and oxygen atoms in total. The zero-order valence-electron chi connectivity index (χ0n) is 16.5. The molecule has 0 aliphatic heterocycles. The fraction of sp³-hybridized carbons (Fsp3) is 0. The van der Waals surface area contributed by atoms with Crippen LogP contribution in [0.25, 0.3) is 32.7 Å². The molecule has 3 heterocycles. The van der Waals surface area contributed by atoms with Crippen LogP contribution in [0.2, 0.25) is 0 Å². The molecule has 0 fully saturated rings. The fourth-order valence-corrected chi connectivity index (χ4v) is 3.05. The van der Waals surface area contributed by atoms with Crippen LogP contribution in [0.15, 0.2) is 128 Å². The van der Waals surface area contributed by atoms with Crippen molar-refractivity contribution in [2.24, 2.45) is 0 Å². The topological polar surface area (TPSA) is 38.7 Å². The summed E-state index contributed by atoms with van der Waals surface area (Å²) < 4.78 is 0. The van der Waals surface area contributed by atoms with Gasteiger partial charge in [-0.15, -0.1) is 0 Å². The molecule has 0 bridgehead atoms. The molecular weight excluding hydrogens is 393 g/mol. The van der Waals surface area contributed by atoms with E-state index >= 15 is 0 Å². The van der Waals surface area contributed by atoms with Gasteiger partial charge in [0, 0.05) is 34.7 Å². The van der Waals surface area contributed by atoms with Gasteiger partial charge >= 0.3 is 0 Å². The van der Waals surface area contributed by atoms with Gasteiger partial charge in [0.05, 0.1) is 16.6 Å². The van der Waals surface area contributed by atoms with Crippen molar-refractivity contribution in [2.75, 3.05) is 0 Å². The average Bonchev–Trinajstić information content (AvgIpc) is 2.85. The SMILES string of the molecule is [AlH3].c1ccc2ncccc2c1.c1ccc2ncccc2c1.c1ccc2ncccc2c1. The number of aromatic nitrogens is 3. The minimum Gasteiger partial charge on any atom is -0.256 e. The van der Waals surface area contributed by atoms with Gasteiger partial charge in [0.25, 0.3) is 0 Å². The smallest absolute Gasteiger partial charge is 0.187 e. The van der Waals surface area contributed by atoms with E-state index in [0.717, 1.165) is 16.6 Å². The third kappa shape index (κ3) is 6.20. The lowest BCUT2D eigenvalue weighted by Gasteiger charge is -1.91. The van der Waals surface area contributed by atoms with Gasteiger partial charge < -0.3 is 0 Å². The Labute approximate surface area is 192 Å². The second kappa shape index (κ2) is 11.6. The average molecular weight is 417 g/mol. The van der Waals surface area contributed by atoms with Gasteiger partial charge in [-0.25, -0.2) is 0 Å². The number of para-hydroxylation sites is 3. The maximum Gasteiger partial charge on any atom is 0.187 e. The Morgan fingerprint density at radius 2 is 0.581 bits per heavy atom. The molecule has 4 heteroatoms. The highest BCUT2D eigenvalue weighted by molar-refractivity contribution is 5.79. The van der Waals surface area contributed by atoms with Crippen LogP contribution in [0.3, 0.4) is 0 Å². The van der Waals surface area contributed by atoms with Gasteiger partial charge in [0.1, 0.15) is 0 Å². The first kappa shape index (κ1) is 22.1. The summed E-state index contributed by atoms with van der Waals surface area (Å²) >= 11 is 0. The maximum absolute atomic E-state index is 4.18. The van der Waals surface area contributed by atoms with Gasteiger partial charge in [-0.3, -0.25) is 15.0 Å². The molecule has 3 aromatic carbocycles. The first-order valence-electron chi connectivity index (χ1n) is 9.79. The summed E-state index contributed by atoms with van der Waals surface area (Å²) in [6.07, 6.45) is 5.42. The Kier molecular flexibility index (Phi) is 8.25. The molecule has 31 heavy (non-hydrogen) atoms. The first-order chi connectivity index (χ1) is 14.9. The van der Waals surface area contributed by atoms with Crippen LogP contribution in [0.1, 0.15) is 0 Å². The Morgan fingerprint density at radius 1 is 0.323 bits per heavy atom. The highest BCUT2D eigenvalue weighted by atomic mass is 27.0. The molecule has 3 aromatic heterocycles. The zero-order chi connectivity index (χ0) is 20.4. The van der Waals surface area contributed by atoms with Crippen molar-refractivity contribution in [3.05, 3.63) is 128 Å². The third-order valence-electron chi connectivity index (χ3n) is 4.54. The van der Waals surface area contributed by atoms with Crippen molar-refractivity contribution in [1.29, 1.82) is 0 Å². The van der Waals surface area contributed by atoms with Crippen molar-refractivity contribution >= 4 is 50.1 Å². The normalized spacial score (nSPS) is 9.68. The summed E-state index contributed by atoms with van der Waals surface area (Å²) in [5, 5.41) is 3.60. The highest BCUT2D eigenvalue weighted by Gasteiger charge is 1.88. The number of fused-ring (bicyclic) bond motifs is 3. The molecule has 0 amide bonds. The van der Waals surface area contributed by atoms with Crippen LogP contribution in [-0.4, -0.2) is 32.3 Å². The van der Waals surface area contributed by atoms with Crippen LogP contribution >= 0.6 is 0 Å². The molecule has 0 radical (unpaired) electrons. The van der Waals surface area contributed by atoms with E-state index in [1.807, 2.05) is 91.4 Å². The van der Waals surface area contributed by atoms with Crippen molar-refractivity contribution in [1.82, 2.24) is 15.0 Å². The predicted octanol–water partition coefficient (Wildman–Crippen LogP) is 5.52. The van der Waals surface area contributed by atoms with Gasteiger partial charge in [0.2, 0.25) is 0 Å². The predicted molar refractivity (Wildman–Crippen MR) is 135 cm³/mol. The lowest BCUT2D eigenvalue weighted by molar-refractivity contribution is 1.41. The van der Waals surface area contributed by atoms with E-state index in [0.29, 0.717) is 0 Å². The number of hydrogen-bond acceptors (Lipinski definition) is 3. The molecule has 0 aliphatic carbocycles. The Bertz CT molecular complexity index is 1000. The van der Waals surface area contributed by atoms with Crippen LogP contribution in [-0.2, 0) is 0 Å². The molecule has 0 spiro atoms. The first-order valence-corrected chi connectivity index (χ1v) is 9.79. The van der Waals surface area contributed by atoms with Crippen molar-refractivity contribution < 1.29 is 0 Å². The van der Waals surface area contributed by atoms with E-state index in [4.69, 9.17) is 0 Å². The number of pyridine rings is 3. The van der Waals surface area contributed by atoms with Gasteiger partial charge in [-0.05, 0) is 36.4 Å². The number of rotatable bonds is 0. The number of hydrogen-bond donors (Lipinski definition) is 0. The lowest BCUT2D eigenvalue weighted by Crippen LogP contribution is -1.73. The van der Waals surface area contributed by atoms with Crippen LogP contribution in [0.5, 0.6) is 0 Å².